The van der Waals surface area contributed by atoms with Gasteiger partial charge in [-0.15, -0.1) is 13.2 Å². The van der Waals surface area contributed by atoms with E-state index in [4.69, 9.17) is 30.5 Å². The molecule has 4 radical (unpaired) electrons. The van der Waals surface area contributed by atoms with Crippen molar-refractivity contribution in [1.82, 2.24) is 29.9 Å². The van der Waals surface area contributed by atoms with Crippen LogP contribution in [0.2, 0.25) is 0 Å². The quantitative estimate of drug-likeness (QED) is 0.0105. The molecule has 4 N–H and O–H groups in total. The fraction of sp³-hybridized carbons (Fsp3) is 0.0917. The Labute approximate surface area is 933 Å². The smallest absolute Gasteiger partial charge is 1.00 e. The van der Waals surface area contributed by atoms with Gasteiger partial charge in [0.25, 0.3) is 0 Å². The molecule has 12 aromatic carbocycles. The van der Waals surface area contributed by atoms with E-state index in [-0.39, 0.29) is 111 Å². The van der Waals surface area contributed by atoms with Crippen molar-refractivity contribution in [3.63, 3.8) is 0 Å². The van der Waals surface area contributed by atoms with E-state index in [0.29, 0.717) is 11.0 Å². The molecule has 0 bridgehead atoms. The number of carboxylic acids is 1. The molecule has 0 unspecified atom stereocenters. The Kier molecular flexibility index (Phi) is 56.9. The van der Waals surface area contributed by atoms with E-state index in [0.717, 1.165) is 108 Å². The summed E-state index contributed by atoms with van der Waals surface area (Å²) in [6.07, 6.45) is 29.4. The SMILES string of the molecule is BrCc1ccc(-c2ccc(-c3ccncc3)cc2)cc1.C1CCOC1.C=CC.C=CCCc1ccc(-c2ccc(-c3ccncc3)cc2)cc1.CC(=O)c1ccc(-c2ccc(-c3ccncc3)cc2)cc1.CC(=O)c1ccc(-c2ccc(Br)cc2)cc1.O=C(O)c1ccc(-c2ccc(-c3ccncc3)cc2)cc1.OB(O)c1ccncc1.OCc1ccc(-c2ccc(-c3ccncc3)cc2)cc1.[B]N=[N+]=[N-].[Br-].[H-].[Mg+2].[V].[Y]. The Bertz CT molecular complexity index is 6560. The molecule has 1 aliphatic heterocycles. The second kappa shape index (κ2) is 68.3. The molecule has 0 spiro atoms. The van der Waals surface area contributed by atoms with Crippen LogP contribution in [-0.4, -0.2) is 119 Å². The average molecular weight is 2230 g/mol. The van der Waals surface area contributed by atoms with E-state index in [1.165, 1.54) is 103 Å². The number of aromatic carboxylic acids is 1. The zero-order valence-electron chi connectivity index (χ0n) is 81.8. The molecule has 6 aromatic heterocycles. The molecule has 1 saturated heterocycles. The summed E-state index contributed by atoms with van der Waals surface area (Å²) >= 11 is 6.87. The molecule has 718 valence electrons. The van der Waals surface area contributed by atoms with Crippen molar-refractivity contribution in [1.29, 1.82) is 0 Å². The number of carbonyl (C=O) groups excluding carboxylic acids is 2. The van der Waals surface area contributed by atoms with Crippen molar-refractivity contribution in [3.8, 4) is 122 Å². The van der Waals surface area contributed by atoms with Gasteiger partial charge in [-0.1, -0.05) is 311 Å². The Morgan fingerprint density at radius 1 is 0.386 bits per heavy atom. The van der Waals surface area contributed by atoms with Crippen LogP contribution in [0.15, 0.2) is 473 Å². The fourth-order valence-corrected chi connectivity index (χ4v) is 14.6. The van der Waals surface area contributed by atoms with Crippen LogP contribution in [0, 0.1) is 0 Å². The van der Waals surface area contributed by atoms with Gasteiger partial charge in [0.05, 0.1) is 12.2 Å². The fourth-order valence-electron chi connectivity index (χ4n) is 14.0. The summed E-state index contributed by atoms with van der Waals surface area (Å²) < 4.78 is 6.01. The number of ketones is 2. The van der Waals surface area contributed by atoms with Crippen molar-refractivity contribution >= 4 is 93.0 Å². The minimum Gasteiger partial charge on any atom is -1.00 e. The van der Waals surface area contributed by atoms with Crippen molar-refractivity contribution in [2.45, 2.75) is 58.4 Å². The van der Waals surface area contributed by atoms with Gasteiger partial charge in [0.1, 0.15) is 0 Å². The van der Waals surface area contributed by atoms with Crippen LogP contribution >= 0.6 is 31.9 Å². The predicted octanol–water partition coefficient (Wildman–Crippen LogP) is 25.7. The third-order valence-corrected chi connectivity index (χ3v) is 22.9. The monoisotopic (exact) mass is 2230 g/mol. The van der Waals surface area contributed by atoms with Crippen molar-refractivity contribution in [3.05, 3.63) is 512 Å². The first-order chi connectivity index (χ1) is 68.9. The summed E-state index contributed by atoms with van der Waals surface area (Å²) in [6.45, 7) is 14.3. The van der Waals surface area contributed by atoms with Crippen molar-refractivity contribution in [2.24, 2.45) is 5.03 Å². The minimum atomic E-state index is -1.38. The number of halogens is 3. The topological polar surface area (TPSA) is 267 Å². The number of aliphatic hydroxyl groups excluding tert-OH is 1. The summed E-state index contributed by atoms with van der Waals surface area (Å²) in [4.78, 5) is 59.3. The van der Waals surface area contributed by atoms with Crippen LogP contribution in [0.5, 0.6) is 0 Å². The van der Waals surface area contributed by atoms with Gasteiger partial charge in [-0.2, -0.15) is 5.03 Å². The minimum absolute atomic E-state index is 0. The van der Waals surface area contributed by atoms with E-state index in [2.05, 4.69) is 251 Å². The molecule has 145 heavy (non-hydrogen) atoms. The third kappa shape index (κ3) is 41.6. The van der Waals surface area contributed by atoms with E-state index in [1.54, 1.807) is 81.4 Å². The number of azide groups is 1. The second-order valence-corrected chi connectivity index (χ2v) is 33.0. The van der Waals surface area contributed by atoms with Crippen LogP contribution in [-0.2, 0) is 74.4 Å². The van der Waals surface area contributed by atoms with Crippen LogP contribution in [0.4, 0.5) is 0 Å². The Morgan fingerprint density at radius 3 is 0.759 bits per heavy atom. The van der Waals surface area contributed by atoms with Gasteiger partial charge in [-0.3, -0.25) is 39.5 Å². The number of carbonyl (C=O) groups is 3. The van der Waals surface area contributed by atoms with Gasteiger partial charge < -0.3 is 43.4 Å². The van der Waals surface area contributed by atoms with Crippen molar-refractivity contribution in [2.75, 3.05) is 13.2 Å². The average Bonchev–Trinajstić information content (AvgIpc) is 0.834. The zero-order chi connectivity index (χ0) is 100.0. The summed E-state index contributed by atoms with van der Waals surface area (Å²) in [5, 5.41) is 38.4. The molecule has 17 nitrogen and oxygen atoms in total. The number of nitrogens with zero attached hydrogens (tertiary/aromatic N) is 9. The standard InChI is InChI=1S/C21H19N.C19H15NO.C18H14BrN.C18H13NO2.C18H15NO.C14H11BrO.C5H6BNO2.C4H8O.C3H6.BN3.BrH.Mg.V.Y.H/c1-2-3-4-17-5-7-18(8-6-17)19-9-11-20(12-10-19)21-13-15-22-16-14-21;1-14(21)15-2-4-16(5-3-15)17-6-8-18(9-7-17)19-10-12-20-13-11-19;19-13-14-1-3-15(4-2-14)16-5-7-17(8-6-16)18-9-11-20-12-10-18;20-18(21)17-7-5-14(6-8-17)13-1-3-15(4-2-13)16-9-11-19-12-10-16;20-13-14-1-3-15(4-2-14)16-5-7-17(8-6-16)18-9-11-19-12-10-18;1-10(16)11-2-4-12(5-3-11)13-6-8-14(15)9-7-13;8-6(9)5-1-3-7-4-2-5;1-2-4-5-3-1;1-3-2;1-3-4-2;;;;;/h2,5-16H,1,3-4H2;2-13H,1H3;1-12H,13H2;1-12H,(H,20,21);1-12,20H,13H2;2-9H,1H3;1-4,8-9H;1-4H2;3H,1H2,2H3;;1H;;;;/q;;;;;;;;;;;+2;;;-1/p-1. The molecule has 0 amide bonds. The number of alkyl halides is 1. The maximum atomic E-state index is 11.3. The van der Waals surface area contributed by atoms with Gasteiger partial charge in [-0.05, 0) is 299 Å². The number of ether oxygens (including phenoxy) is 1. The molecule has 25 heteroatoms. The molecular weight excluding hydrogens is 2120 g/mol. The van der Waals surface area contributed by atoms with Gasteiger partial charge in [0, 0.05) is 160 Å². The van der Waals surface area contributed by atoms with E-state index in [1.807, 2.05) is 220 Å². The first-order valence-electron chi connectivity index (χ1n) is 45.4. The Balaban J connectivity index is 0.000000294. The molecule has 7 heterocycles. The van der Waals surface area contributed by atoms with Crippen LogP contribution in [0.1, 0.15) is 89.2 Å². The van der Waals surface area contributed by atoms with Gasteiger partial charge in [0.2, 0.25) is 0 Å². The number of aryl methyl sites for hydroxylation is 1. The molecule has 1 aliphatic rings. The van der Waals surface area contributed by atoms with Crippen LogP contribution in [0.3, 0.4) is 0 Å². The number of pyridine rings is 6. The Hall–Kier alpha value is -13.0. The normalized spacial score (nSPS) is 10.2. The number of hydrogen-bond acceptors (Lipinski definition) is 14. The summed E-state index contributed by atoms with van der Waals surface area (Å²) in [7, 11) is 2.85. The molecule has 0 atom stereocenters. The van der Waals surface area contributed by atoms with E-state index in [9.17, 15) is 14.4 Å². The van der Waals surface area contributed by atoms with Gasteiger partial charge in [0.15, 0.2) is 19.5 Å². The molecule has 19 rings (SSSR count). The maximum Gasteiger partial charge on any atom is 2.00 e. The molecular formula is C120H108B2Br3MgN9O8VY. The maximum absolute atomic E-state index is 11.3. The van der Waals surface area contributed by atoms with Gasteiger partial charge >= 0.3 is 36.1 Å². The van der Waals surface area contributed by atoms with Gasteiger partial charge in [-0.25, -0.2) is 4.79 Å². The molecule has 0 saturated carbocycles. The second-order valence-electron chi connectivity index (χ2n) is 31.5. The number of Topliss-reactive ketones (excluding diaryl/α,β-unsaturated/α-hetero) is 2. The molecule has 1 fully saturated rings. The number of hydrogen-bond donors (Lipinski definition) is 4. The molecule has 18 aromatic rings. The number of allylic oxidation sites excluding steroid dienone is 2. The summed E-state index contributed by atoms with van der Waals surface area (Å²) in [5.74, 6) is -0.716. The number of aliphatic hydroxyl groups is 1. The van der Waals surface area contributed by atoms with Crippen LogP contribution < -0.4 is 22.4 Å². The third-order valence-electron chi connectivity index (χ3n) is 21.8. The predicted molar refractivity (Wildman–Crippen MR) is 591 cm³/mol. The number of carboxylic acid groups (broad SMARTS) is 1. The van der Waals surface area contributed by atoms with Crippen LogP contribution in [0.25, 0.3) is 133 Å². The largest absolute Gasteiger partial charge is 2.00 e. The van der Waals surface area contributed by atoms with E-state index >= 15 is 0 Å². The Morgan fingerprint density at radius 2 is 0.579 bits per heavy atom. The zero-order valence-corrected chi connectivity index (χ0v) is 91.2. The first kappa shape index (κ1) is 121. The number of benzene rings is 12. The number of aromatic nitrogens is 6. The summed E-state index contributed by atoms with van der Waals surface area (Å²) in [5.41, 5.74) is 38.7. The number of rotatable bonds is 20. The van der Waals surface area contributed by atoms with Crippen molar-refractivity contribution < 1.29 is 109 Å². The molecule has 0 aliphatic carbocycles. The van der Waals surface area contributed by atoms with E-state index < -0.39 is 13.1 Å². The summed E-state index contributed by atoms with van der Waals surface area (Å²) in [6, 6.07) is 121. The first-order valence-corrected chi connectivity index (χ1v) is 47.3.